The SMILES string of the molecule is COc1cccc(C2c3[nH]c4ccccc4c3C[C@H]3C(=O)N(CCc4ccccc4)CC(=O)N23)c1. The minimum atomic E-state index is -0.532. The lowest BCUT2D eigenvalue weighted by Gasteiger charge is -2.47. The molecule has 6 heteroatoms. The van der Waals surface area contributed by atoms with E-state index in [0.29, 0.717) is 13.0 Å². The van der Waals surface area contributed by atoms with Crippen LogP contribution < -0.4 is 4.74 Å². The number of rotatable bonds is 5. The van der Waals surface area contributed by atoms with Crippen LogP contribution in [0.5, 0.6) is 5.75 Å². The first-order chi connectivity index (χ1) is 17.1. The third-order valence-corrected chi connectivity index (χ3v) is 7.27. The molecule has 0 aliphatic carbocycles. The van der Waals surface area contributed by atoms with Crippen molar-refractivity contribution >= 4 is 22.7 Å². The lowest BCUT2D eigenvalue weighted by molar-refractivity contribution is -0.158. The van der Waals surface area contributed by atoms with Crippen LogP contribution in [0, 0.1) is 0 Å². The van der Waals surface area contributed by atoms with Crippen LogP contribution in [0.1, 0.15) is 28.4 Å². The van der Waals surface area contributed by atoms with E-state index < -0.39 is 6.04 Å². The molecule has 1 N–H and O–H groups in total. The average molecular weight is 466 g/mol. The molecular weight excluding hydrogens is 438 g/mol. The molecule has 6 rings (SSSR count). The molecule has 0 radical (unpaired) electrons. The molecule has 3 aromatic carbocycles. The first-order valence-corrected chi connectivity index (χ1v) is 12.0. The molecule has 0 spiro atoms. The van der Waals surface area contributed by atoms with Gasteiger partial charge in [0, 0.05) is 29.6 Å². The number of fused-ring (bicyclic) bond motifs is 4. The molecule has 6 nitrogen and oxygen atoms in total. The molecule has 35 heavy (non-hydrogen) atoms. The summed E-state index contributed by atoms with van der Waals surface area (Å²) in [7, 11) is 1.64. The van der Waals surface area contributed by atoms with E-state index in [1.165, 1.54) is 0 Å². The first-order valence-electron chi connectivity index (χ1n) is 12.0. The summed E-state index contributed by atoms with van der Waals surface area (Å²) in [5, 5.41) is 1.11. The van der Waals surface area contributed by atoms with Crippen molar-refractivity contribution in [2.75, 3.05) is 20.2 Å². The van der Waals surface area contributed by atoms with Crippen LogP contribution in [0.2, 0.25) is 0 Å². The van der Waals surface area contributed by atoms with Gasteiger partial charge < -0.3 is 19.5 Å². The summed E-state index contributed by atoms with van der Waals surface area (Å²) >= 11 is 0. The van der Waals surface area contributed by atoms with Gasteiger partial charge in [0.25, 0.3) is 0 Å². The van der Waals surface area contributed by atoms with Crippen LogP contribution in [0.15, 0.2) is 78.9 Å². The van der Waals surface area contributed by atoms with Gasteiger partial charge in [0.05, 0.1) is 19.7 Å². The second-order valence-corrected chi connectivity index (χ2v) is 9.26. The number of amides is 2. The number of benzene rings is 3. The number of aromatic nitrogens is 1. The summed E-state index contributed by atoms with van der Waals surface area (Å²) in [6.45, 7) is 0.627. The van der Waals surface area contributed by atoms with Gasteiger partial charge in [0.15, 0.2) is 0 Å². The van der Waals surface area contributed by atoms with Gasteiger partial charge in [-0.05, 0) is 41.3 Å². The lowest BCUT2D eigenvalue weighted by Crippen LogP contribution is -2.63. The normalized spacial score (nSPS) is 19.6. The van der Waals surface area contributed by atoms with E-state index in [1.54, 1.807) is 16.9 Å². The maximum absolute atomic E-state index is 13.8. The number of methoxy groups -OCH3 is 1. The predicted octanol–water partition coefficient (Wildman–Crippen LogP) is 4.10. The van der Waals surface area contributed by atoms with Crippen LogP contribution >= 0.6 is 0 Å². The molecule has 1 aromatic heterocycles. The third kappa shape index (κ3) is 3.66. The number of carbonyl (C=O) groups excluding carboxylic acids is 2. The standard InChI is InChI=1S/C29H27N3O3/c1-35-21-11-7-10-20(16-21)28-27-23(22-12-5-6-13-24(22)30-27)17-25-29(34)31(18-26(33)32(25)28)15-14-19-8-3-2-4-9-19/h2-13,16,25,28,30H,14-15,17-18H2,1H3/t25-,28?/m0/s1. The number of para-hydroxylation sites is 1. The smallest absolute Gasteiger partial charge is 0.246 e. The largest absolute Gasteiger partial charge is 0.497 e. The summed E-state index contributed by atoms with van der Waals surface area (Å²) in [5.41, 5.74) is 5.20. The van der Waals surface area contributed by atoms with E-state index in [1.807, 2.05) is 60.7 Å². The number of nitrogens with one attached hydrogen (secondary N) is 1. The molecule has 2 atom stereocenters. The van der Waals surface area contributed by atoms with Gasteiger partial charge in [0.2, 0.25) is 11.8 Å². The van der Waals surface area contributed by atoms with E-state index in [0.717, 1.165) is 45.5 Å². The zero-order chi connectivity index (χ0) is 23.9. The van der Waals surface area contributed by atoms with E-state index >= 15 is 0 Å². The second kappa shape index (κ2) is 8.62. The number of hydrogen-bond acceptors (Lipinski definition) is 3. The fraction of sp³-hybridized carbons (Fsp3) is 0.241. The van der Waals surface area contributed by atoms with Crippen LogP contribution in [-0.4, -0.2) is 52.8 Å². The number of carbonyl (C=O) groups is 2. The number of H-pyrrole nitrogens is 1. The minimum Gasteiger partial charge on any atom is -0.497 e. The van der Waals surface area contributed by atoms with Gasteiger partial charge in [0.1, 0.15) is 11.8 Å². The highest BCUT2D eigenvalue weighted by Crippen LogP contribution is 2.43. The maximum Gasteiger partial charge on any atom is 0.246 e. The number of hydrogen-bond donors (Lipinski definition) is 1. The summed E-state index contributed by atoms with van der Waals surface area (Å²) in [6.07, 6.45) is 1.23. The van der Waals surface area contributed by atoms with E-state index in [2.05, 4.69) is 23.2 Å². The van der Waals surface area contributed by atoms with Crippen molar-refractivity contribution in [3.8, 4) is 5.75 Å². The Morgan fingerprint density at radius 2 is 1.77 bits per heavy atom. The third-order valence-electron chi connectivity index (χ3n) is 7.27. The van der Waals surface area contributed by atoms with E-state index in [-0.39, 0.29) is 24.4 Å². The molecule has 1 saturated heterocycles. The Hall–Kier alpha value is -4.06. The van der Waals surface area contributed by atoms with Gasteiger partial charge in [-0.3, -0.25) is 9.59 Å². The lowest BCUT2D eigenvalue weighted by atomic mass is 9.86. The zero-order valence-electron chi connectivity index (χ0n) is 19.6. The summed E-state index contributed by atoms with van der Waals surface area (Å²) < 4.78 is 5.48. The van der Waals surface area contributed by atoms with Crippen molar-refractivity contribution < 1.29 is 14.3 Å². The summed E-state index contributed by atoms with van der Waals surface area (Å²) in [4.78, 5) is 34.5. The maximum atomic E-state index is 13.8. The Kier molecular flexibility index (Phi) is 5.29. The molecule has 2 aliphatic heterocycles. The molecule has 2 amide bonds. The van der Waals surface area contributed by atoms with Crippen molar-refractivity contribution in [1.82, 2.24) is 14.8 Å². The highest BCUT2D eigenvalue weighted by molar-refractivity contribution is 5.97. The van der Waals surface area contributed by atoms with Crippen molar-refractivity contribution in [3.63, 3.8) is 0 Å². The monoisotopic (exact) mass is 465 g/mol. The Morgan fingerprint density at radius 1 is 0.971 bits per heavy atom. The number of ether oxygens (including phenoxy) is 1. The van der Waals surface area contributed by atoms with Crippen molar-refractivity contribution in [3.05, 3.63) is 101 Å². The van der Waals surface area contributed by atoms with E-state index in [9.17, 15) is 9.59 Å². The molecule has 2 aliphatic rings. The van der Waals surface area contributed by atoms with Gasteiger partial charge in [-0.15, -0.1) is 0 Å². The van der Waals surface area contributed by atoms with Gasteiger partial charge in [-0.25, -0.2) is 0 Å². The number of piperazine rings is 1. The average Bonchev–Trinajstić information content (AvgIpc) is 3.27. The molecule has 1 fully saturated rings. The molecule has 176 valence electrons. The Balaban J connectivity index is 1.41. The highest BCUT2D eigenvalue weighted by atomic mass is 16.5. The first kappa shape index (κ1) is 21.5. The molecule has 4 aromatic rings. The Labute approximate surface area is 204 Å². The summed E-state index contributed by atoms with van der Waals surface area (Å²) in [6, 6.07) is 25.1. The van der Waals surface area contributed by atoms with E-state index in [4.69, 9.17) is 4.74 Å². The highest BCUT2D eigenvalue weighted by Gasteiger charge is 2.48. The molecule has 0 saturated carbocycles. The predicted molar refractivity (Wildman–Crippen MR) is 134 cm³/mol. The van der Waals surface area contributed by atoms with Gasteiger partial charge >= 0.3 is 0 Å². The zero-order valence-corrected chi connectivity index (χ0v) is 19.6. The molecule has 0 bridgehead atoms. The minimum absolute atomic E-state index is 0.0179. The van der Waals surface area contributed by atoms with Gasteiger partial charge in [-0.2, -0.15) is 0 Å². The number of nitrogens with zero attached hydrogens (tertiary/aromatic N) is 2. The Bertz CT molecular complexity index is 1410. The topological polar surface area (TPSA) is 65.6 Å². The quantitative estimate of drug-likeness (QED) is 0.483. The van der Waals surface area contributed by atoms with Crippen LogP contribution in [0.25, 0.3) is 10.9 Å². The van der Waals surface area contributed by atoms with Crippen molar-refractivity contribution in [1.29, 1.82) is 0 Å². The van der Waals surface area contributed by atoms with Gasteiger partial charge in [-0.1, -0.05) is 60.7 Å². The van der Waals surface area contributed by atoms with Crippen LogP contribution in [-0.2, 0) is 22.4 Å². The fourth-order valence-corrected chi connectivity index (χ4v) is 5.58. The fourth-order valence-electron chi connectivity index (χ4n) is 5.58. The Morgan fingerprint density at radius 3 is 2.60 bits per heavy atom. The summed E-state index contributed by atoms with van der Waals surface area (Å²) in [5.74, 6) is 0.715. The van der Waals surface area contributed by atoms with Crippen LogP contribution in [0.4, 0.5) is 0 Å². The second-order valence-electron chi connectivity index (χ2n) is 9.26. The molecule has 3 heterocycles. The van der Waals surface area contributed by atoms with Crippen molar-refractivity contribution in [2.24, 2.45) is 0 Å². The van der Waals surface area contributed by atoms with Crippen LogP contribution in [0.3, 0.4) is 0 Å². The molecule has 1 unspecified atom stereocenters. The van der Waals surface area contributed by atoms with Crippen molar-refractivity contribution in [2.45, 2.75) is 24.9 Å². The number of aromatic amines is 1. The molecular formula is C29H27N3O3.